The zero-order valence-electron chi connectivity index (χ0n) is 12.0. The van der Waals surface area contributed by atoms with Crippen LogP contribution < -0.4 is 0 Å². The fraction of sp³-hybridized carbons (Fsp3) is 1.00. The Morgan fingerprint density at radius 3 is 2.41 bits per heavy atom. The molecule has 1 fully saturated rings. The zero-order valence-corrected chi connectivity index (χ0v) is 12.0. The van der Waals surface area contributed by atoms with E-state index in [1.165, 1.54) is 25.7 Å². The minimum Gasteiger partial charge on any atom is -0.390 e. The SMILES string of the molecule is CCCC(C)CC(O)C1(OC)CCC(C)CC1. The van der Waals surface area contributed by atoms with E-state index in [0.29, 0.717) is 5.92 Å². The van der Waals surface area contributed by atoms with Crippen molar-refractivity contribution in [3.63, 3.8) is 0 Å². The van der Waals surface area contributed by atoms with Crippen LogP contribution in [0.15, 0.2) is 0 Å². The van der Waals surface area contributed by atoms with E-state index in [1.54, 1.807) is 7.11 Å². The number of hydrogen-bond acceptors (Lipinski definition) is 2. The highest BCUT2D eigenvalue weighted by molar-refractivity contribution is 4.92. The Morgan fingerprint density at radius 1 is 1.35 bits per heavy atom. The molecule has 2 nitrogen and oxygen atoms in total. The topological polar surface area (TPSA) is 29.5 Å². The molecule has 0 aromatic carbocycles. The summed E-state index contributed by atoms with van der Waals surface area (Å²) in [6.45, 7) is 6.74. The highest BCUT2D eigenvalue weighted by Crippen LogP contribution is 2.38. The van der Waals surface area contributed by atoms with Crippen molar-refractivity contribution >= 4 is 0 Å². The van der Waals surface area contributed by atoms with Gasteiger partial charge >= 0.3 is 0 Å². The predicted molar refractivity (Wildman–Crippen MR) is 72.1 cm³/mol. The zero-order chi connectivity index (χ0) is 12.9. The molecule has 0 spiro atoms. The van der Waals surface area contributed by atoms with Gasteiger partial charge in [0.1, 0.15) is 0 Å². The second-order valence-electron chi connectivity index (χ2n) is 6.10. The summed E-state index contributed by atoms with van der Waals surface area (Å²) in [4.78, 5) is 0. The molecule has 0 aliphatic heterocycles. The summed E-state index contributed by atoms with van der Waals surface area (Å²) in [6.07, 6.45) is 7.41. The predicted octanol–water partition coefficient (Wildman–Crippen LogP) is 3.77. The molecule has 17 heavy (non-hydrogen) atoms. The molecule has 1 aliphatic carbocycles. The Bertz CT molecular complexity index is 207. The summed E-state index contributed by atoms with van der Waals surface area (Å²) in [5, 5.41) is 10.5. The smallest absolute Gasteiger partial charge is 0.0936 e. The minimum absolute atomic E-state index is 0.255. The molecule has 1 aliphatic rings. The molecule has 2 unspecified atom stereocenters. The Kier molecular flexibility index (Phi) is 5.94. The summed E-state index contributed by atoms with van der Waals surface area (Å²) in [5.74, 6) is 1.39. The van der Waals surface area contributed by atoms with Crippen LogP contribution in [0.5, 0.6) is 0 Å². The van der Waals surface area contributed by atoms with Crippen molar-refractivity contribution in [2.24, 2.45) is 11.8 Å². The number of ether oxygens (including phenoxy) is 1. The number of methoxy groups -OCH3 is 1. The maximum atomic E-state index is 10.5. The van der Waals surface area contributed by atoms with E-state index in [2.05, 4.69) is 20.8 Å². The van der Waals surface area contributed by atoms with Crippen LogP contribution in [0, 0.1) is 11.8 Å². The van der Waals surface area contributed by atoms with Crippen LogP contribution in [0.3, 0.4) is 0 Å². The van der Waals surface area contributed by atoms with Crippen molar-refractivity contribution in [3.8, 4) is 0 Å². The maximum Gasteiger partial charge on any atom is 0.0936 e. The quantitative estimate of drug-likeness (QED) is 0.768. The molecule has 0 bridgehead atoms. The van der Waals surface area contributed by atoms with Gasteiger partial charge in [-0.2, -0.15) is 0 Å². The molecule has 1 N–H and O–H groups in total. The number of aliphatic hydroxyl groups excluding tert-OH is 1. The summed E-state index contributed by atoms with van der Waals surface area (Å²) >= 11 is 0. The molecular formula is C15H30O2. The third kappa shape index (κ3) is 3.96. The van der Waals surface area contributed by atoms with Gasteiger partial charge in [-0.1, -0.05) is 33.6 Å². The van der Waals surface area contributed by atoms with Crippen LogP contribution in [0.25, 0.3) is 0 Å². The Morgan fingerprint density at radius 2 is 1.94 bits per heavy atom. The lowest BCUT2D eigenvalue weighted by Gasteiger charge is -2.42. The molecule has 1 rings (SSSR count). The van der Waals surface area contributed by atoms with Gasteiger partial charge in [-0.25, -0.2) is 0 Å². The van der Waals surface area contributed by atoms with Crippen molar-refractivity contribution in [2.75, 3.05) is 7.11 Å². The molecule has 1 saturated carbocycles. The Hall–Kier alpha value is -0.0800. The summed E-state index contributed by atoms with van der Waals surface area (Å²) in [6, 6.07) is 0. The standard InChI is InChI=1S/C15H30O2/c1-5-6-13(3)11-14(16)15(17-4)9-7-12(2)8-10-15/h12-14,16H,5-11H2,1-4H3. The van der Waals surface area contributed by atoms with Crippen LogP contribution in [0.2, 0.25) is 0 Å². The maximum absolute atomic E-state index is 10.5. The molecule has 0 heterocycles. The second kappa shape index (κ2) is 6.75. The molecular weight excluding hydrogens is 212 g/mol. The van der Waals surface area contributed by atoms with Gasteiger partial charge in [0, 0.05) is 7.11 Å². The van der Waals surface area contributed by atoms with Gasteiger partial charge in [0.05, 0.1) is 11.7 Å². The fourth-order valence-electron chi connectivity index (χ4n) is 3.13. The molecule has 0 aromatic rings. The number of aliphatic hydroxyl groups is 1. The monoisotopic (exact) mass is 242 g/mol. The van der Waals surface area contributed by atoms with Crippen molar-refractivity contribution in [3.05, 3.63) is 0 Å². The summed E-state index contributed by atoms with van der Waals surface area (Å²) in [5.41, 5.74) is -0.255. The number of rotatable bonds is 6. The summed E-state index contributed by atoms with van der Waals surface area (Å²) in [7, 11) is 1.77. The van der Waals surface area contributed by atoms with E-state index in [4.69, 9.17) is 4.74 Å². The Labute approximate surface area is 107 Å². The lowest BCUT2D eigenvalue weighted by Crippen LogP contribution is -2.47. The first-order valence-electron chi connectivity index (χ1n) is 7.27. The van der Waals surface area contributed by atoms with E-state index in [9.17, 15) is 5.11 Å². The van der Waals surface area contributed by atoms with Crippen molar-refractivity contribution in [2.45, 2.75) is 77.4 Å². The molecule has 2 heteroatoms. The molecule has 0 amide bonds. The Balaban J connectivity index is 2.53. The highest BCUT2D eigenvalue weighted by Gasteiger charge is 2.40. The van der Waals surface area contributed by atoms with Crippen molar-refractivity contribution in [1.29, 1.82) is 0 Å². The van der Waals surface area contributed by atoms with Gasteiger partial charge < -0.3 is 9.84 Å². The lowest BCUT2D eigenvalue weighted by molar-refractivity contribution is -0.133. The van der Waals surface area contributed by atoms with Crippen LogP contribution in [-0.4, -0.2) is 23.9 Å². The summed E-state index contributed by atoms with van der Waals surface area (Å²) < 4.78 is 5.72. The van der Waals surface area contributed by atoms with Gasteiger partial charge in [-0.05, 0) is 43.9 Å². The van der Waals surface area contributed by atoms with Crippen LogP contribution >= 0.6 is 0 Å². The molecule has 0 radical (unpaired) electrons. The molecule has 0 saturated heterocycles. The number of hydrogen-bond donors (Lipinski definition) is 1. The van der Waals surface area contributed by atoms with E-state index < -0.39 is 0 Å². The molecule has 0 aromatic heterocycles. The minimum atomic E-state index is -0.290. The first-order chi connectivity index (χ1) is 8.04. The van der Waals surface area contributed by atoms with Gasteiger partial charge in [-0.15, -0.1) is 0 Å². The van der Waals surface area contributed by atoms with E-state index in [0.717, 1.165) is 25.2 Å². The average molecular weight is 242 g/mol. The third-order valence-electron chi connectivity index (χ3n) is 4.54. The largest absolute Gasteiger partial charge is 0.390 e. The van der Waals surface area contributed by atoms with Crippen LogP contribution in [0.1, 0.15) is 65.7 Å². The van der Waals surface area contributed by atoms with E-state index in [1.807, 2.05) is 0 Å². The lowest BCUT2D eigenvalue weighted by atomic mass is 9.74. The normalized spacial score (nSPS) is 33.4. The van der Waals surface area contributed by atoms with Gasteiger partial charge in [-0.3, -0.25) is 0 Å². The van der Waals surface area contributed by atoms with E-state index >= 15 is 0 Å². The third-order valence-corrected chi connectivity index (χ3v) is 4.54. The molecule has 2 atom stereocenters. The van der Waals surface area contributed by atoms with Crippen molar-refractivity contribution < 1.29 is 9.84 Å². The van der Waals surface area contributed by atoms with Gasteiger partial charge in [0.25, 0.3) is 0 Å². The first-order valence-corrected chi connectivity index (χ1v) is 7.27. The highest BCUT2D eigenvalue weighted by atomic mass is 16.5. The van der Waals surface area contributed by atoms with E-state index in [-0.39, 0.29) is 11.7 Å². The van der Waals surface area contributed by atoms with Gasteiger partial charge in [0.15, 0.2) is 0 Å². The first kappa shape index (κ1) is 15.0. The average Bonchev–Trinajstić information content (AvgIpc) is 2.30. The van der Waals surface area contributed by atoms with Gasteiger partial charge in [0.2, 0.25) is 0 Å². The second-order valence-corrected chi connectivity index (χ2v) is 6.10. The van der Waals surface area contributed by atoms with Crippen molar-refractivity contribution in [1.82, 2.24) is 0 Å². The van der Waals surface area contributed by atoms with Crippen LogP contribution in [0.4, 0.5) is 0 Å². The fourth-order valence-corrected chi connectivity index (χ4v) is 3.13. The van der Waals surface area contributed by atoms with Crippen LogP contribution in [-0.2, 0) is 4.74 Å². The molecule has 102 valence electrons.